The minimum absolute atomic E-state index is 0.0684. The molecular weight excluding hydrogens is 278 g/mol. The molecule has 0 fully saturated rings. The highest BCUT2D eigenvalue weighted by molar-refractivity contribution is 9.11. The first-order valence-electron chi connectivity index (χ1n) is 4.13. The number of hydrogen-bond acceptors (Lipinski definition) is 3. The van der Waals surface area contributed by atoms with Crippen molar-refractivity contribution in [2.24, 2.45) is 0 Å². The third-order valence-corrected chi connectivity index (χ3v) is 3.56. The maximum Gasteiger partial charge on any atom is 0.356 e. The average Bonchev–Trinajstić information content (AvgIpc) is 2.62. The SMILES string of the molecule is O=C(O)c1nc(-c2ccccc2)sc1Br. The highest BCUT2D eigenvalue weighted by atomic mass is 79.9. The summed E-state index contributed by atoms with van der Waals surface area (Å²) >= 11 is 4.51. The molecule has 15 heavy (non-hydrogen) atoms. The molecule has 0 saturated carbocycles. The van der Waals surface area contributed by atoms with E-state index in [-0.39, 0.29) is 5.69 Å². The number of benzene rings is 1. The highest BCUT2D eigenvalue weighted by Crippen LogP contribution is 2.31. The molecule has 1 aromatic heterocycles. The summed E-state index contributed by atoms with van der Waals surface area (Å²) in [6.07, 6.45) is 0. The molecule has 0 amide bonds. The van der Waals surface area contributed by atoms with Gasteiger partial charge in [0, 0.05) is 5.56 Å². The minimum atomic E-state index is -1.01. The molecule has 1 heterocycles. The zero-order valence-electron chi connectivity index (χ0n) is 7.48. The molecule has 2 rings (SSSR count). The molecule has 0 aliphatic carbocycles. The Morgan fingerprint density at radius 3 is 2.53 bits per heavy atom. The molecule has 1 aromatic carbocycles. The van der Waals surface area contributed by atoms with Gasteiger partial charge in [0.15, 0.2) is 5.69 Å². The number of carboxylic acids is 1. The third-order valence-electron chi connectivity index (χ3n) is 1.81. The van der Waals surface area contributed by atoms with Crippen LogP contribution in [-0.4, -0.2) is 16.1 Å². The van der Waals surface area contributed by atoms with E-state index < -0.39 is 5.97 Å². The van der Waals surface area contributed by atoms with Crippen molar-refractivity contribution in [1.29, 1.82) is 0 Å². The summed E-state index contributed by atoms with van der Waals surface area (Å²) < 4.78 is 0.550. The topological polar surface area (TPSA) is 50.2 Å². The van der Waals surface area contributed by atoms with Gasteiger partial charge in [-0.3, -0.25) is 0 Å². The van der Waals surface area contributed by atoms with Crippen molar-refractivity contribution in [2.45, 2.75) is 0 Å². The Kier molecular flexibility index (Phi) is 2.83. The van der Waals surface area contributed by atoms with E-state index in [0.29, 0.717) is 8.79 Å². The number of rotatable bonds is 2. The number of carbonyl (C=O) groups is 1. The Morgan fingerprint density at radius 2 is 2.00 bits per heavy atom. The van der Waals surface area contributed by atoms with Crippen molar-refractivity contribution in [2.75, 3.05) is 0 Å². The maximum absolute atomic E-state index is 10.8. The van der Waals surface area contributed by atoms with Crippen molar-refractivity contribution in [1.82, 2.24) is 4.98 Å². The zero-order valence-corrected chi connectivity index (χ0v) is 9.88. The fourth-order valence-electron chi connectivity index (χ4n) is 1.14. The highest BCUT2D eigenvalue weighted by Gasteiger charge is 2.15. The molecule has 76 valence electrons. The molecule has 0 atom stereocenters. The summed E-state index contributed by atoms with van der Waals surface area (Å²) in [5.41, 5.74) is 0.995. The van der Waals surface area contributed by atoms with Crippen LogP contribution >= 0.6 is 27.3 Å². The first-order valence-corrected chi connectivity index (χ1v) is 5.74. The van der Waals surface area contributed by atoms with Crippen LogP contribution in [0.5, 0.6) is 0 Å². The normalized spacial score (nSPS) is 10.2. The van der Waals surface area contributed by atoms with Gasteiger partial charge >= 0.3 is 5.97 Å². The van der Waals surface area contributed by atoms with Crippen LogP contribution in [0.2, 0.25) is 0 Å². The second-order valence-corrected chi connectivity index (χ2v) is 5.13. The van der Waals surface area contributed by atoms with Crippen molar-refractivity contribution in [3.63, 3.8) is 0 Å². The lowest BCUT2D eigenvalue weighted by atomic mass is 10.2. The lowest BCUT2D eigenvalue weighted by molar-refractivity contribution is 0.0690. The predicted octanol–water partition coefficient (Wildman–Crippen LogP) is 3.27. The molecule has 2 aromatic rings. The maximum atomic E-state index is 10.8. The monoisotopic (exact) mass is 283 g/mol. The lowest BCUT2D eigenvalue weighted by Gasteiger charge is -1.92. The molecular formula is C10H6BrNO2S. The van der Waals surface area contributed by atoms with E-state index in [4.69, 9.17) is 5.11 Å². The van der Waals surface area contributed by atoms with E-state index in [1.165, 1.54) is 11.3 Å². The molecule has 0 saturated heterocycles. The number of carboxylic acid groups (broad SMARTS) is 1. The zero-order chi connectivity index (χ0) is 10.8. The van der Waals surface area contributed by atoms with Crippen molar-refractivity contribution in [3.8, 4) is 10.6 Å². The van der Waals surface area contributed by atoms with Crippen LogP contribution in [0, 0.1) is 0 Å². The van der Waals surface area contributed by atoms with E-state index in [1.54, 1.807) is 0 Å². The summed E-state index contributed by atoms with van der Waals surface area (Å²) in [5, 5.41) is 9.55. The van der Waals surface area contributed by atoms with Crippen molar-refractivity contribution < 1.29 is 9.90 Å². The van der Waals surface area contributed by atoms with E-state index in [2.05, 4.69) is 20.9 Å². The smallest absolute Gasteiger partial charge is 0.356 e. The van der Waals surface area contributed by atoms with Gasteiger partial charge in [-0.1, -0.05) is 30.3 Å². The Bertz CT molecular complexity index is 495. The van der Waals surface area contributed by atoms with E-state index >= 15 is 0 Å². The molecule has 0 aliphatic rings. The minimum Gasteiger partial charge on any atom is -0.476 e. The van der Waals surface area contributed by atoms with E-state index in [0.717, 1.165) is 5.56 Å². The Hall–Kier alpha value is -1.20. The standard InChI is InChI=1S/C10H6BrNO2S/c11-8-7(10(13)14)12-9(15-8)6-4-2-1-3-5-6/h1-5H,(H,13,14). The Labute approximate surface area is 98.5 Å². The van der Waals surface area contributed by atoms with Gasteiger partial charge in [0.25, 0.3) is 0 Å². The summed E-state index contributed by atoms with van der Waals surface area (Å²) in [7, 11) is 0. The first kappa shape index (κ1) is 10.3. The summed E-state index contributed by atoms with van der Waals surface area (Å²) in [6.45, 7) is 0. The van der Waals surface area contributed by atoms with E-state index in [1.807, 2.05) is 30.3 Å². The fraction of sp³-hybridized carbons (Fsp3) is 0. The van der Waals surface area contributed by atoms with Crippen LogP contribution in [0.4, 0.5) is 0 Å². The molecule has 0 bridgehead atoms. The molecule has 1 N–H and O–H groups in total. The summed E-state index contributed by atoms with van der Waals surface area (Å²) in [4.78, 5) is 14.8. The van der Waals surface area contributed by atoms with Crippen LogP contribution in [0.1, 0.15) is 10.5 Å². The lowest BCUT2D eigenvalue weighted by Crippen LogP contribution is -1.96. The van der Waals surface area contributed by atoms with Crippen LogP contribution < -0.4 is 0 Å². The number of thiazole rings is 1. The van der Waals surface area contributed by atoms with Crippen LogP contribution in [-0.2, 0) is 0 Å². The molecule has 5 heteroatoms. The first-order chi connectivity index (χ1) is 7.18. The second-order valence-electron chi connectivity index (χ2n) is 2.81. The van der Waals surface area contributed by atoms with Crippen LogP contribution in [0.25, 0.3) is 10.6 Å². The summed E-state index contributed by atoms with van der Waals surface area (Å²) in [5.74, 6) is -1.01. The van der Waals surface area contributed by atoms with Crippen LogP contribution in [0.3, 0.4) is 0 Å². The quantitative estimate of drug-likeness (QED) is 0.920. The van der Waals surface area contributed by atoms with Crippen LogP contribution in [0.15, 0.2) is 34.1 Å². The van der Waals surface area contributed by atoms with Gasteiger partial charge in [0.2, 0.25) is 0 Å². The van der Waals surface area contributed by atoms with Gasteiger partial charge in [0.05, 0.1) is 0 Å². The number of nitrogens with zero attached hydrogens (tertiary/aromatic N) is 1. The van der Waals surface area contributed by atoms with Gasteiger partial charge in [-0.05, 0) is 15.9 Å². The molecule has 0 aliphatic heterocycles. The molecule has 0 spiro atoms. The van der Waals surface area contributed by atoms with Crippen molar-refractivity contribution in [3.05, 3.63) is 39.8 Å². The third kappa shape index (κ3) is 2.08. The van der Waals surface area contributed by atoms with Gasteiger partial charge in [0.1, 0.15) is 8.79 Å². The second kappa shape index (κ2) is 4.12. The Balaban J connectivity index is 2.48. The number of hydrogen-bond donors (Lipinski definition) is 1. The fourth-order valence-corrected chi connectivity index (χ4v) is 2.65. The number of halogens is 1. The number of aromatic carboxylic acids is 1. The Morgan fingerprint density at radius 1 is 1.33 bits per heavy atom. The molecule has 0 radical (unpaired) electrons. The van der Waals surface area contributed by atoms with Gasteiger partial charge < -0.3 is 5.11 Å². The largest absolute Gasteiger partial charge is 0.476 e. The van der Waals surface area contributed by atoms with E-state index in [9.17, 15) is 4.79 Å². The average molecular weight is 284 g/mol. The molecule has 3 nitrogen and oxygen atoms in total. The number of aromatic nitrogens is 1. The van der Waals surface area contributed by atoms with Gasteiger partial charge in [-0.25, -0.2) is 9.78 Å². The summed E-state index contributed by atoms with van der Waals surface area (Å²) in [6, 6.07) is 9.49. The predicted molar refractivity (Wildman–Crippen MR) is 62.2 cm³/mol. The molecule has 0 unspecified atom stereocenters. The van der Waals surface area contributed by atoms with Gasteiger partial charge in [-0.15, -0.1) is 11.3 Å². The van der Waals surface area contributed by atoms with Gasteiger partial charge in [-0.2, -0.15) is 0 Å². The van der Waals surface area contributed by atoms with Crippen molar-refractivity contribution >= 4 is 33.2 Å².